The number of rotatable bonds is 4. The Morgan fingerprint density at radius 2 is 1.96 bits per heavy atom. The van der Waals surface area contributed by atoms with E-state index in [1.165, 1.54) is 0 Å². The third kappa shape index (κ3) is 3.52. The summed E-state index contributed by atoms with van der Waals surface area (Å²) >= 11 is 6.28. The van der Waals surface area contributed by atoms with Gasteiger partial charge in [0.05, 0.1) is 5.69 Å². The fourth-order valence-electron chi connectivity index (χ4n) is 3.64. The van der Waals surface area contributed by atoms with Gasteiger partial charge in [-0.25, -0.2) is 0 Å². The van der Waals surface area contributed by atoms with E-state index >= 15 is 0 Å². The molecule has 3 rings (SSSR count). The summed E-state index contributed by atoms with van der Waals surface area (Å²) < 4.78 is 0. The maximum Gasteiger partial charge on any atom is 0.185 e. The molecule has 1 aliphatic rings. The van der Waals surface area contributed by atoms with Crippen LogP contribution in [0, 0.1) is 10.8 Å². The van der Waals surface area contributed by atoms with Crippen LogP contribution in [-0.4, -0.2) is 23.9 Å². The second-order valence-corrected chi connectivity index (χ2v) is 8.71. The Labute approximate surface area is 149 Å². The van der Waals surface area contributed by atoms with Crippen molar-refractivity contribution in [3.05, 3.63) is 35.0 Å². The fraction of sp³-hybridized carbons (Fsp3) is 0.550. The summed E-state index contributed by atoms with van der Waals surface area (Å²) in [5.74, 6) is 0.250. The number of aromatic amines is 1. The minimum atomic E-state index is -0.258. The van der Waals surface area contributed by atoms with Crippen molar-refractivity contribution in [2.45, 2.75) is 46.5 Å². The number of nitrogens with one attached hydrogen (secondary N) is 2. The van der Waals surface area contributed by atoms with Crippen LogP contribution in [0.3, 0.4) is 0 Å². The number of carbonyl (C=O) groups excluding carboxylic acids is 1. The van der Waals surface area contributed by atoms with Crippen LogP contribution in [0.15, 0.2) is 24.3 Å². The van der Waals surface area contributed by atoms with Crippen molar-refractivity contribution in [1.82, 2.24) is 10.3 Å². The molecule has 2 N–H and O–H groups in total. The van der Waals surface area contributed by atoms with Gasteiger partial charge in [-0.3, -0.25) is 4.79 Å². The van der Waals surface area contributed by atoms with E-state index in [4.69, 9.17) is 11.6 Å². The van der Waals surface area contributed by atoms with Crippen LogP contribution in [0.25, 0.3) is 10.9 Å². The molecule has 1 fully saturated rings. The molecule has 1 saturated heterocycles. The van der Waals surface area contributed by atoms with E-state index < -0.39 is 0 Å². The molecule has 24 heavy (non-hydrogen) atoms. The zero-order valence-electron chi connectivity index (χ0n) is 14.8. The SMILES string of the molecule is CC(C)(C)CCC1(C(=O)c2cc3c(Cl)cccc3[nH]2)CCNCC1. The van der Waals surface area contributed by atoms with E-state index in [9.17, 15) is 4.79 Å². The normalized spacial score (nSPS) is 18.0. The Kier molecular flexibility index (Phi) is 4.76. The standard InChI is InChI=1S/C20H27ClN2O/c1-19(2,3)7-8-20(9-11-22-12-10-20)18(24)17-13-14-15(21)5-4-6-16(14)23-17/h4-6,13,22-23H,7-12H2,1-3H3. The average molecular weight is 347 g/mol. The molecule has 3 nitrogen and oxygen atoms in total. The van der Waals surface area contributed by atoms with Crippen molar-refractivity contribution < 1.29 is 4.79 Å². The molecule has 4 heteroatoms. The van der Waals surface area contributed by atoms with Gasteiger partial charge in [0, 0.05) is 21.3 Å². The first-order valence-electron chi connectivity index (χ1n) is 8.84. The lowest BCUT2D eigenvalue weighted by molar-refractivity contribution is 0.0672. The summed E-state index contributed by atoms with van der Waals surface area (Å²) in [4.78, 5) is 16.7. The van der Waals surface area contributed by atoms with Gasteiger partial charge >= 0.3 is 0 Å². The minimum absolute atomic E-state index is 0.238. The third-order valence-electron chi connectivity index (χ3n) is 5.25. The predicted octanol–water partition coefficient (Wildman–Crippen LogP) is 5.20. The van der Waals surface area contributed by atoms with Crippen molar-refractivity contribution in [2.24, 2.45) is 10.8 Å². The molecule has 0 radical (unpaired) electrons. The van der Waals surface area contributed by atoms with Crippen molar-refractivity contribution in [1.29, 1.82) is 0 Å². The smallest absolute Gasteiger partial charge is 0.185 e. The van der Waals surface area contributed by atoms with E-state index in [1.54, 1.807) is 0 Å². The molecule has 2 aromatic rings. The first kappa shape index (κ1) is 17.5. The minimum Gasteiger partial charge on any atom is -0.352 e. The molecule has 0 saturated carbocycles. The zero-order valence-corrected chi connectivity index (χ0v) is 15.6. The number of hydrogen-bond donors (Lipinski definition) is 2. The fourth-order valence-corrected chi connectivity index (χ4v) is 3.87. The number of H-pyrrole nitrogens is 1. The molecule has 0 atom stereocenters. The molecule has 0 unspecified atom stereocenters. The van der Waals surface area contributed by atoms with Crippen LogP contribution in [-0.2, 0) is 0 Å². The molecule has 130 valence electrons. The van der Waals surface area contributed by atoms with Crippen LogP contribution in [0.5, 0.6) is 0 Å². The van der Waals surface area contributed by atoms with Gasteiger partial charge in [-0.1, -0.05) is 38.4 Å². The largest absolute Gasteiger partial charge is 0.352 e. The average Bonchev–Trinajstić information content (AvgIpc) is 2.98. The maximum atomic E-state index is 13.4. The molecule has 0 aliphatic carbocycles. The van der Waals surface area contributed by atoms with Crippen molar-refractivity contribution in [3.8, 4) is 0 Å². The Hall–Kier alpha value is -1.32. The van der Waals surface area contributed by atoms with Crippen LogP contribution in [0.4, 0.5) is 0 Å². The van der Waals surface area contributed by atoms with E-state index in [0.717, 1.165) is 49.7 Å². The van der Waals surface area contributed by atoms with E-state index in [1.807, 2.05) is 24.3 Å². The Morgan fingerprint density at radius 3 is 2.58 bits per heavy atom. The highest BCUT2D eigenvalue weighted by Gasteiger charge is 2.40. The monoisotopic (exact) mass is 346 g/mol. The van der Waals surface area contributed by atoms with Crippen LogP contribution in [0.1, 0.15) is 56.9 Å². The second-order valence-electron chi connectivity index (χ2n) is 8.30. The lowest BCUT2D eigenvalue weighted by Gasteiger charge is -2.38. The maximum absolute atomic E-state index is 13.4. The number of ketones is 1. The first-order chi connectivity index (χ1) is 11.3. The van der Waals surface area contributed by atoms with Crippen LogP contribution >= 0.6 is 11.6 Å². The van der Waals surface area contributed by atoms with Gasteiger partial charge in [0.25, 0.3) is 0 Å². The molecular formula is C20H27ClN2O. The number of fused-ring (bicyclic) bond motifs is 1. The van der Waals surface area contributed by atoms with Gasteiger partial charge in [0.15, 0.2) is 5.78 Å². The van der Waals surface area contributed by atoms with Gasteiger partial charge in [0.2, 0.25) is 0 Å². The highest BCUT2D eigenvalue weighted by Crippen LogP contribution is 2.41. The summed E-state index contributed by atoms with van der Waals surface area (Å²) in [6, 6.07) is 7.68. The summed E-state index contributed by atoms with van der Waals surface area (Å²) in [6.45, 7) is 8.56. The van der Waals surface area contributed by atoms with Gasteiger partial charge in [-0.05, 0) is 62.4 Å². The van der Waals surface area contributed by atoms with Crippen LogP contribution < -0.4 is 5.32 Å². The third-order valence-corrected chi connectivity index (χ3v) is 5.58. The Morgan fingerprint density at radius 1 is 1.25 bits per heavy atom. The topological polar surface area (TPSA) is 44.9 Å². The Bertz CT molecular complexity index is 736. The van der Waals surface area contributed by atoms with E-state index in [2.05, 4.69) is 31.1 Å². The second kappa shape index (κ2) is 6.53. The number of Topliss-reactive ketones (excluding diaryl/α,β-unsaturated/α-hetero) is 1. The van der Waals surface area contributed by atoms with Crippen molar-refractivity contribution >= 4 is 28.3 Å². The van der Waals surface area contributed by atoms with Gasteiger partial charge in [-0.15, -0.1) is 0 Å². The summed E-state index contributed by atoms with van der Waals surface area (Å²) in [5.41, 5.74) is 1.62. The number of hydrogen-bond acceptors (Lipinski definition) is 2. The van der Waals surface area contributed by atoms with Crippen molar-refractivity contribution in [2.75, 3.05) is 13.1 Å². The lowest BCUT2D eigenvalue weighted by Crippen LogP contribution is -2.43. The van der Waals surface area contributed by atoms with Gasteiger partial charge < -0.3 is 10.3 Å². The molecule has 1 aliphatic heterocycles. The summed E-state index contributed by atoms with van der Waals surface area (Å²) in [5, 5.41) is 5.02. The predicted molar refractivity (Wildman–Crippen MR) is 101 cm³/mol. The number of piperidine rings is 1. The molecule has 0 spiro atoms. The summed E-state index contributed by atoms with van der Waals surface area (Å²) in [6.07, 6.45) is 3.82. The first-order valence-corrected chi connectivity index (χ1v) is 9.21. The number of aromatic nitrogens is 1. The van der Waals surface area contributed by atoms with Crippen molar-refractivity contribution in [3.63, 3.8) is 0 Å². The Balaban J connectivity index is 1.93. The van der Waals surface area contributed by atoms with E-state index in [-0.39, 0.29) is 16.6 Å². The molecular weight excluding hydrogens is 320 g/mol. The highest BCUT2D eigenvalue weighted by molar-refractivity contribution is 6.35. The molecule has 2 heterocycles. The number of carbonyl (C=O) groups is 1. The highest BCUT2D eigenvalue weighted by atomic mass is 35.5. The quantitative estimate of drug-likeness (QED) is 0.747. The lowest BCUT2D eigenvalue weighted by atomic mass is 9.68. The van der Waals surface area contributed by atoms with Crippen LogP contribution in [0.2, 0.25) is 5.02 Å². The number of benzene rings is 1. The van der Waals surface area contributed by atoms with Gasteiger partial charge in [0.1, 0.15) is 0 Å². The molecule has 0 bridgehead atoms. The zero-order chi connectivity index (χ0) is 17.4. The van der Waals surface area contributed by atoms with E-state index in [0.29, 0.717) is 10.7 Å². The number of halogens is 1. The summed E-state index contributed by atoms with van der Waals surface area (Å²) in [7, 11) is 0. The van der Waals surface area contributed by atoms with Gasteiger partial charge in [-0.2, -0.15) is 0 Å². The molecule has 0 amide bonds. The molecule has 1 aromatic carbocycles. The molecule has 1 aromatic heterocycles.